The summed E-state index contributed by atoms with van der Waals surface area (Å²) in [7, 11) is 0. The molecule has 10 rings (SSSR count). The van der Waals surface area contributed by atoms with Gasteiger partial charge in [-0.2, -0.15) is 0 Å². The van der Waals surface area contributed by atoms with Crippen LogP contribution in [0.4, 0.5) is 0 Å². The first-order chi connectivity index (χ1) is 26.4. The van der Waals surface area contributed by atoms with Crippen molar-refractivity contribution in [3.05, 3.63) is 136 Å². The summed E-state index contributed by atoms with van der Waals surface area (Å²) in [6.45, 7) is 17.3. The molecule has 4 aliphatic rings. The number of rotatable bonds is 9. The van der Waals surface area contributed by atoms with Crippen molar-refractivity contribution >= 4 is 40.7 Å². The van der Waals surface area contributed by atoms with Gasteiger partial charge in [0.05, 0.1) is 5.76 Å². The van der Waals surface area contributed by atoms with Crippen LogP contribution in [0, 0.1) is 24.8 Å². The molecule has 3 nitrogen and oxygen atoms in total. The maximum absolute atomic E-state index is 11.7. The van der Waals surface area contributed by atoms with E-state index in [1.165, 1.54) is 69.9 Å². The van der Waals surface area contributed by atoms with Crippen LogP contribution in [-0.2, 0) is 56.0 Å². The normalized spacial score (nSPS) is 13.1. The maximum atomic E-state index is 11.7. The van der Waals surface area contributed by atoms with E-state index in [-0.39, 0.29) is 63.4 Å². The number of fused-ring (bicyclic) bond motifs is 2. The molecule has 4 bridgehead atoms. The van der Waals surface area contributed by atoms with E-state index >= 15 is 0 Å². The minimum absolute atomic E-state index is 0. The number of aryl methyl sites for hydroxylation is 5. The van der Waals surface area contributed by atoms with Crippen molar-refractivity contribution in [2.24, 2.45) is 11.8 Å². The Kier molecular flexibility index (Phi) is 15.0. The van der Waals surface area contributed by atoms with Gasteiger partial charge >= 0.3 is 244 Å². The van der Waals surface area contributed by atoms with Gasteiger partial charge in [-0.1, -0.05) is 27.7 Å². The fourth-order valence-corrected chi connectivity index (χ4v) is 10.9. The molecule has 56 heavy (non-hydrogen) atoms. The zero-order valence-corrected chi connectivity index (χ0v) is 38.6. The van der Waals surface area contributed by atoms with Gasteiger partial charge in [0.2, 0.25) is 0 Å². The maximum Gasteiger partial charge on any atom is 0 e. The number of hydrogen-bond acceptors (Lipinski definition) is 3. The number of hydrogen-bond donors (Lipinski definition) is 1. The molecular formula is C51H58IrNO2Se-. The third-order valence-corrected chi connectivity index (χ3v) is 14.4. The predicted molar refractivity (Wildman–Crippen MR) is 234 cm³/mol. The van der Waals surface area contributed by atoms with Crippen LogP contribution in [0.5, 0.6) is 0 Å². The first kappa shape index (κ1) is 43.5. The average molecular weight is 988 g/mol. The fourth-order valence-electron chi connectivity index (χ4n) is 8.00. The molecule has 0 fully saturated rings. The van der Waals surface area contributed by atoms with Crippen molar-refractivity contribution in [3.8, 4) is 21.3 Å². The van der Waals surface area contributed by atoms with E-state index in [4.69, 9.17) is 4.98 Å². The van der Waals surface area contributed by atoms with Gasteiger partial charge in [0, 0.05) is 38.0 Å². The quantitative estimate of drug-likeness (QED) is 0.0680. The van der Waals surface area contributed by atoms with E-state index < -0.39 is 0 Å². The van der Waals surface area contributed by atoms with Crippen molar-refractivity contribution < 1.29 is 30.0 Å². The number of benzene rings is 4. The van der Waals surface area contributed by atoms with Gasteiger partial charge in [0.25, 0.3) is 0 Å². The number of carbonyl (C=O) groups excluding carboxylic acids is 1. The number of pyridine rings is 1. The Bertz CT molecular complexity index is 2300. The van der Waals surface area contributed by atoms with Crippen molar-refractivity contribution in [1.82, 2.24) is 4.98 Å². The third-order valence-electron chi connectivity index (χ3n) is 11.6. The number of aromatic nitrogens is 1. The Morgan fingerprint density at radius 1 is 0.804 bits per heavy atom. The number of carbonyl (C=O) groups is 1. The van der Waals surface area contributed by atoms with E-state index in [2.05, 4.69) is 113 Å². The minimum Gasteiger partial charge on any atom is 0 e. The molecule has 295 valence electrons. The molecule has 0 amide bonds. The van der Waals surface area contributed by atoms with Crippen molar-refractivity contribution in [2.75, 3.05) is 0 Å². The number of ketones is 1. The second-order valence-electron chi connectivity index (χ2n) is 16.3. The Balaban J connectivity index is 0.000000322. The molecular weight excluding hydrogens is 930 g/mol. The van der Waals surface area contributed by atoms with Crippen LogP contribution in [0.15, 0.2) is 96.9 Å². The summed E-state index contributed by atoms with van der Waals surface area (Å²) in [4.78, 5) is 16.7. The van der Waals surface area contributed by atoms with E-state index in [0.29, 0.717) is 0 Å². The average Bonchev–Trinajstić information content (AvgIpc) is 3.52. The molecule has 0 spiro atoms. The molecule has 0 saturated carbocycles. The van der Waals surface area contributed by atoms with Gasteiger partial charge in [-0.25, -0.2) is 0 Å². The monoisotopic (exact) mass is 989 g/mol. The number of nitrogens with zero attached hydrogens (tertiary/aromatic N) is 1. The van der Waals surface area contributed by atoms with Crippen molar-refractivity contribution in [3.63, 3.8) is 0 Å². The van der Waals surface area contributed by atoms with Crippen molar-refractivity contribution in [2.45, 2.75) is 112 Å². The Morgan fingerprint density at radius 3 is 2.05 bits per heavy atom. The predicted octanol–water partition coefficient (Wildman–Crippen LogP) is 12.9. The molecule has 2 aromatic heterocycles. The molecule has 1 N–H and O–H groups in total. The number of aliphatic hydroxyl groups excluding tert-OH is 1. The van der Waals surface area contributed by atoms with Gasteiger partial charge in [0.1, 0.15) is 0 Å². The first-order valence-electron chi connectivity index (χ1n) is 20.4. The summed E-state index contributed by atoms with van der Waals surface area (Å²) < 4.78 is 2.93. The zero-order chi connectivity index (χ0) is 39.3. The molecule has 6 aromatic rings. The van der Waals surface area contributed by atoms with Gasteiger partial charge in [-0.05, 0) is 25.7 Å². The van der Waals surface area contributed by atoms with Crippen LogP contribution in [0.2, 0.25) is 0 Å². The van der Waals surface area contributed by atoms with Crippen LogP contribution < -0.4 is 0 Å². The smallest absolute Gasteiger partial charge is 0 e. The molecule has 0 saturated heterocycles. The largest absolute Gasteiger partial charge is 0 e. The van der Waals surface area contributed by atoms with Crippen LogP contribution >= 0.6 is 0 Å². The van der Waals surface area contributed by atoms with E-state index in [9.17, 15) is 9.90 Å². The molecule has 2 heterocycles. The third kappa shape index (κ3) is 9.74. The van der Waals surface area contributed by atoms with E-state index in [1.54, 1.807) is 0 Å². The fraction of sp³-hybridized carbons (Fsp3) is 0.373. The molecule has 4 aromatic carbocycles. The van der Waals surface area contributed by atoms with E-state index in [1.807, 2.05) is 33.9 Å². The number of allylic oxidation sites excluding steroid dienone is 2. The molecule has 4 aliphatic carbocycles. The SMILES string of the molecule is CCC(CC)C(=O)/C=C(\O)C(CC)CC.Cc1c(-c2cc3ccc2CCc2ccc(cc2)CC3)[se]c2c(-c3[c-]c4ccccc4c(C(C)(C)C)c3)nccc12.[Ir]. The summed E-state index contributed by atoms with van der Waals surface area (Å²) in [6.07, 6.45) is 11.2. The Hall–Kier alpha value is -3.59. The minimum atomic E-state index is 0. The summed E-state index contributed by atoms with van der Waals surface area (Å²) in [5, 5.41) is 13.6. The molecule has 0 aliphatic heterocycles. The summed E-state index contributed by atoms with van der Waals surface area (Å²) in [5.74, 6) is 0.547. The molecule has 0 atom stereocenters. The van der Waals surface area contributed by atoms with Crippen LogP contribution in [0.25, 0.3) is 41.7 Å². The van der Waals surface area contributed by atoms with Crippen LogP contribution in [0.1, 0.15) is 108 Å². The summed E-state index contributed by atoms with van der Waals surface area (Å²) in [5.41, 5.74) is 12.3. The molecule has 1 radical (unpaired) electrons. The van der Waals surface area contributed by atoms with Crippen molar-refractivity contribution in [1.29, 1.82) is 0 Å². The molecule has 5 heteroatoms. The second-order valence-corrected chi connectivity index (χ2v) is 18.4. The Labute approximate surface area is 355 Å². The number of aliphatic hydroxyl groups is 1. The van der Waals surface area contributed by atoms with Gasteiger partial charge < -0.3 is 5.11 Å². The first-order valence-corrected chi connectivity index (χ1v) is 22.1. The van der Waals surface area contributed by atoms with Gasteiger partial charge in [-0.3, -0.25) is 4.79 Å². The summed E-state index contributed by atoms with van der Waals surface area (Å²) >= 11 is 0.176. The topological polar surface area (TPSA) is 50.2 Å². The summed E-state index contributed by atoms with van der Waals surface area (Å²) in [6, 6.07) is 33.6. The standard InChI is InChI=1S/C38H34NSe.C13H24O2.Ir/c1-24-31-19-20-39-35(30-22-29-7-5-6-8-32(29)34(23-30)38(2,3)4)37(31)40-36(24)33-21-27-14-13-25-9-11-26(12-10-25)15-17-28(33)18-16-27;1-5-10(6-2)12(14)9-13(15)11(7-3)8-4;/h5-12,16,18-21,23H,13-15,17H2,1-4H3;9-11,14H,5-8H2,1-4H3;/q-1;;/b;12-9-;. The van der Waals surface area contributed by atoms with E-state index in [0.717, 1.165) is 62.6 Å². The van der Waals surface area contributed by atoms with Crippen LogP contribution in [0.3, 0.4) is 0 Å². The van der Waals surface area contributed by atoms with Gasteiger partial charge in [-0.15, -0.1) is 0 Å². The second kappa shape index (κ2) is 19.2. The van der Waals surface area contributed by atoms with Gasteiger partial charge in [0.15, 0.2) is 5.78 Å². The van der Waals surface area contributed by atoms with Crippen LogP contribution in [-0.4, -0.2) is 30.4 Å². The molecule has 0 unspecified atom stereocenters. The zero-order valence-electron chi connectivity index (χ0n) is 34.5. The Morgan fingerprint density at radius 2 is 1.41 bits per heavy atom.